The van der Waals surface area contributed by atoms with E-state index in [1.165, 1.54) is 32.1 Å². The van der Waals surface area contributed by atoms with Crippen LogP contribution in [0.25, 0.3) is 0 Å². The second-order valence-electron chi connectivity index (χ2n) is 3.77. The van der Waals surface area contributed by atoms with Crippen LogP contribution in [0.4, 0.5) is 0 Å². The fraction of sp³-hybridized carbons (Fsp3) is 0.875. The summed E-state index contributed by atoms with van der Waals surface area (Å²) in [5, 5.41) is 0. The monoisotopic (exact) mass is 168 g/mol. The van der Waals surface area contributed by atoms with E-state index in [-0.39, 0.29) is 35.5 Å². The number of fused-ring (bicyclic) bond motifs is 2. The Hall–Kier alpha value is 1.06. The molecule has 0 saturated heterocycles. The van der Waals surface area contributed by atoms with E-state index < -0.39 is 0 Å². The molecule has 0 spiro atoms. The molecular weight excluding hydrogens is 156 g/mol. The predicted molar refractivity (Wildman–Crippen MR) is 40.2 cm³/mol. The van der Waals surface area contributed by atoms with Gasteiger partial charge < -0.3 is 18.3 Å². The fourth-order valence-corrected chi connectivity index (χ4v) is 2.27. The van der Waals surface area contributed by atoms with Crippen LogP contribution in [0, 0.1) is 11.3 Å². The first-order valence-electron chi connectivity index (χ1n) is 3.62. The van der Waals surface area contributed by atoms with Crippen molar-refractivity contribution in [2.24, 2.45) is 5.41 Å². The van der Waals surface area contributed by atoms with Crippen LogP contribution in [0.2, 0.25) is 0 Å². The van der Waals surface area contributed by atoms with Gasteiger partial charge in [-0.15, -0.1) is 0 Å². The largest absolute Gasteiger partial charge is 2.00 e. The van der Waals surface area contributed by atoms with Gasteiger partial charge in [-0.25, -0.2) is 0 Å². The molecular formula is C8H13ClMg. The minimum absolute atomic E-state index is 0. The zero-order valence-corrected chi connectivity index (χ0v) is 8.79. The first-order chi connectivity index (χ1) is 3.79. The van der Waals surface area contributed by atoms with Crippen molar-refractivity contribution < 1.29 is 12.4 Å². The van der Waals surface area contributed by atoms with E-state index in [1.54, 1.807) is 0 Å². The molecule has 2 heteroatoms. The number of hydrogen-bond donors (Lipinski definition) is 0. The van der Waals surface area contributed by atoms with Crippen LogP contribution in [0.15, 0.2) is 0 Å². The molecule has 0 atom stereocenters. The molecule has 0 aromatic carbocycles. The summed E-state index contributed by atoms with van der Waals surface area (Å²) in [5.41, 5.74) is 0.785. The predicted octanol–water partition coefficient (Wildman–Crippen LogP) is -0.832. The molecule has 3 aliphatic rings. The number of halogens is 1. The molecule has 10 heavy (non-hydrogen) atoms. The maximum Gasteiger partial charge on any atom is 2.00 e. The Kier molecular flexibility index (Phi) is 4.02. The van der Waals surface area contributed by atoms with E-state index in [0.717, 1.165) is 5.41 Å². The minimum atomic E-state index is 0. The molecule has 3 rings (SSSR count). The summed E-state index contributed by atoms with van der Waals surface area (Å²) in [5.74, 6) is 1.85. The van der Waals surface area contributed by atoms with Crippen molar-refractivity contribution in [3.63, 3.8) is 0 Å². The topological polar surface area (TPSA) is 0 Å². The van der Waals surface area contributed by atoms with Crippen molar-refractivity contribution in [1.29, 1.82) is 0 Å². The normalized spacial score (nSPS) is 27.3. The van der Waals surface area contributed by atoms with Crippen LogP contribution in [0.5, 0.6) is 0 Å². The molecule has 0 unspecified atom stereocenters. The Bertz CT molecular complexity index is 102. The summed E-state index contributed by atoms with van der Waals surface area (Å²) in [4.78, 5) is 0. The van der Waals surface area contributed by atoms with E-state index >= 15 is 0 Å². The number of hydrogen-bond acceptors (Lipinski definition) is 0. The number of rotatable bonds is 0. The SMILES string of the molecule is CC12CCC[C-](C1)C2.[Cl-].[Mg+2]. The molecule has 0 radical (unpaired) electrons. The van der Waals surface area contributed by atoms with Crippen LogP contribution in [-0.4, -0.2) is 23.1 Å². The van der Waals surface area contributed by atoms with Crippen LogP contribution in [-0.2, 0) is 0 Å². The van der Waals surface area contributed by atoms with Gasteiger partial charge in [0, 0.05) is 0 Å². The third-order valence-corrected chi connectivity index (χ3v) is 2.66. The Morgan fingerprint density at radius 1 is 1.30 bits per heavy atom. The third-order valence-electron chi connectivity index (χ3n) is 2.66. The minimum Gasteiger partial charge on any atom is -1.00 e. The summed E-state index contributed by atoms with van der Waals surface area (Å²) in [6.07, 6.45) is 7.36. The van der Waals surface area contributed by atoms with Crippen molar-refractivity contribution in [3.05, 3.63) is 5.92 Å². The van der Waals surface area contributed by atoms with E-state index in [1.807, 2.05) is 5.92 Å². The Balaban J connectivity index is 0.000000405. The van der Waals surface area contributed by atoms with Gasteiger partial charge in [0.25, 0.3) is 0 Å². The quantitative estimate of drug-likeness (QED) is 0.328. The molecule has 54 valence electrons. The molecule has 0 N–H and O–H groups in total. The standard InChI is InChI=1S/C8H13.ClH.Mg/c1-8-4-2-3-7(5-8)6-8;;/h2-6H2,1H3;1H;/q-1;;+2/p-1. The van der Waals surface area contributed by atoms with Crippen LogP contribution >= 0.6 is 0 Å². The first-order valence-corrected chi connectivity index (χ1v) is 3.62. The van der Waals surface area contributed by atoms with Crippen molar-refractivity contribution >= 4 is 23.1 Å². The van der Waals surface area contributed by atoms with E-state index in [4.69, 9.17) is 0 Å². The van der Waals surface area contributed by atoms with Crippen molar-refractivity contribution in [2.45, 2.75) is 39.0 Å². The zero-order chi connectivity index (χ0) is 5.61. The van der Waals surface area contributed by atoms with E-state index in [0.29, 0.717) is 0 Å². The molecule has 3 saturated carbocycles. The van der Waals surface area contributed by atoms with Crippen molar-refractivity contribution in [3.8, 4) is 0 Å². The van der Waals surface area contributed by atoms with Gasteiger partial charge in [0.2, 0.25) is 0 Å². The van der Waals surface area contributed by atoms with Gasteiger partial charge in [-0.2, -0.15) is 19.3 Å². The Labute approximate surface area is 85.7 Å². The molecule has 2 bridgehead atoms. The van der Waals surface area contributed by atoms with Crippen LogP contribution in [0.3, 0.4) is 0 Å². The Morgan fingerprint density at radius 3 is 2.10 bits per heavy atom. The average Bonchev–Trinajstić information content (AvgIpc) is 1.63. The summed E-state index contributed by atoms with van der Waals surface area (Å²) in [6, 6.07) is 0. The van der Waals surface area contributed by atoms with Gasteiger partial charge in [-0.3, -0.25) is 0 Å². The van der Waals surface area contributed by atoms with Crippen LogP contribution < -0.4 is 12.4 Å². The Morgan fingerprint density at radius 2 is 1.90 bits per heavy atom. The van der Waals surface area contributed by atoms with Gasteiger partial charge in [0.1, 0.15) is 0 Å². The van der Waals surface area contributed by atoms with Gasteiger partial charge in [0.15, 0.2) is 0 Å². The van der Waals surface area contributed by atoms with E-state index in [9.17, 15) is 0 Å². The molecule has 0 aromatic rings. The van der Waals surface area contributed by atoms with Crippen molar-refractivity contribution in [1.82, 2.24) is 0 Å². The molecule has 0 aromatic heterocycles. The fourth-order valence-electron chi connectivity index (χ4n) is 2.27. The smallest absolute Gasteiger partial charge is 1.00 e. The molecule has 0 amide bonds. The molecule has 0 aliphatic heterocycles. The molecule has 0 nitrogen and oxygen atoms in total. The molecule has 0 heterocycles. The maximum absolute atomic E-state index is 2.43. The maximum atomic E-state index is 2.43. The summed E-state index contributed by atoms with van der Waals surface area (Å²) in [6.45, 7) is 2.43. The summed E-state index contributed by atoms with van der Waals surface area (Å²) >= 11 is 0. The van der Waals surface area contributed by atoms with Crippen LogP contribution in [0.1, 0.15) is 39.0 Å². The molecule has 3 fully saturated rings. The van der Waals surface area contributed by atoms with Gasteiger partial charge >= 0.3 is 23.1 Å². The summed E-state index contributed by atoms with van der Waals surface area (Å²) in [7, 11) is 0. The summed E-state index contributed by atoms with van der Waals surface area (Å²) < 4.78 is 0. The van der Waals surface area contributed by atoms with E-state index in [2.05, 4.69) is 6.92 Å². The molecule has 3 aliphatic carbocycles. The third kappa shape index (κ3) is 1.80. The van der Waals surface area contributed by atoms with Gasteiger partial charge in [-0.1, -0.05) is 25.2 Å². The van der Waals surface area contributed by atoms with Crippen molar-refractivity contribution in [2.75, 3.05) is 0 Å². The average molecular weight is 169 g/mol. The van der Waals surface area contributed by atoms with Gasteiger partial charge in [0.05, 0.1) is 0 Å². The van der Waals surface area contributed by atoms with Gasteiger partial charge in [-0.05, 0) is 0 Å². The second-order valence-corrected chi connectivity index (χ2v) is 3.77. The zero-order valence-electron chi connectivity index (χ0n) is 6.62. The first kappa shape index (κ1) is 11.1. The second kappa shape index (κ2) is 3.64.